The zero-order valence-corrected chi connectivity index (χ0v) is 19.7. The molecule has 2 heterocycles. The van der Waals surface area contributed by atoms with E-state index in [0.717, 1.165) is 46.9 Å². The Kier molecular flexibility index (Phi) is 6.27. The van der Waals surface area contributed by atoms with Crippen LogP contribution in [0.25, 0.3) is 0 Å². The fourth-order valence-corrected chi connectivity index (χ4v) is 5.31. The Balaban J connectivity index is 1.45. The Morgan fingerprint density at radius 2 is 1.94 bits per heavy atom. The average molecular weight is 465 g/mol. The topological polar surface area (TPSA) is 100 Å². The number of carbonyl (C=O) groups is 1. The monoisotopic (exact) mass is 464 g/mol. The second-order valence-corrected chi connectivity index (χ2v) is 11.3. The van der Waals surface area contributed by atoms with Crippen molar-refractivity contribution in [3.63, 3.8) is 0 Å². The number of sulfonamides is 1. The summed E-state index contributed by atoms with van der Waals surface area (Å²) in [5, 5.41) is 12.4. The van der Waals surface area contributed by atoms with Gasteiger partial charge in [-0.3, -0.25) is 9.36 Å². The molecule has 1 aromatic carbocycles. The first-order valence-electron chi connectivity index (χ1n) is 10.4. The molecule has 2 aromatic rings. The lowest BCUT2D eigenvalue weighted by Gasteiger charge is -2.18. The van der Waals surface area contributed by atoms with Crippen LogP contribution in [-0.4, -0.2) is 66.3 Å². The predicted molar refractivity (Wildman–Crippen MR) is 121 cm³/mol. The normalized spacial score (nSPS) is 16.8. The molecule has 168 valence electrons. The van der Waals surface area contributed by atoms with Crippen molar-refractivity contribution < 1.29 is 13.2 Å². The lowest BCUT2D eigenvalue weighted by molar-refractivity contribution is -0.113. The second kappa shape index (κ2) is 8.79. The Labute approximate surface area is 187 Å². The first-order chi connectivity index (χ1) is 14.8. The zero-order valence-electron chi connectivity index (χ0n) is 18.0. The van der Waals surface area contributed by atoms with Gasteiger partial charge in [-0.1, -0.05) is 17.8 Å². The second-order valence-electron chi connectivity index (χ2n) is 8.18. The predicted octanol–water partition coefficient (Wildman–Crippen LogP) is 2.50. The molecular weight excluding hydrogens is 436 g/mol. The van der Waals surface area contributed by atoms with Crippen molar-refractivity contribution in [3.8, 4) is 0 Å². The van der Waals surface area contributed by atoms with Crippen molar-refractivity contribution in [2.24, 2.45) is 0 Å². The minimum atomic E-state index is -3.57. The van der Waals surface area contributed by atoms with Crippen molar-refractivity contribution in [1.82, 2.24) is 19.1 Å². The maximum absolute atomic E-state index is 12.6. The first kappa shape index (κ1) is 22.1. The number of aryl methyl sites for hydroxylation is 1. The lowest BCUT2D eigenvalue weighted by atomic mass is 10.2. The van der Waals surface area contributed by atoms with E-state index in [4.69, 9.17) is 0 Å². The van der Waals surface area contributed by atoms with Crippen LogP contribution in [0.5, 0.6) is 0 Å². The Hall–Kier alpha value is -2.11. The number of nitrogens with zero attached hydrogens (tertiary/aromatic N) is 5. The molecule has 1 saturated heterocycles. The van der Waals surface area contributed by atoms with Gasteiger partial charge >= 0.3 is 0 Å². The lowest BCUT2D eigenvalue weighted by Crippen LogP contribution is -2.23. The van der Waals surface area contributed by atoms with Gasteiger partial charge in [-0.05, 0) is 50.3 Å². The number of rotatable bonds is 8. The highest BCUT2D eigenvalue weighted by atomic mass is 32.2. The highest BCUT2D eigenvalue weighted by Gasteiger charge is 2.32. The molecule has 1 amide bonds. The van der Waals surface area contributed by atoms with Gasteiger partial charge in [0.1, 0.15) is 0 Å². The van der Waals surface area contributed by atoms with Gasteiger partial charge in [0, 0.05) is 38.9 Å². The summed E-state index contributed by atoms with van der Waals surface area (Å²) >= 11 is 1.37. The fourth-order valence-electron chi connectivity index (χ4n) is 3.58. The number of aromatic nitrogens is 3. The van der Waals surface area contributed by atoms with E-state index in [9.17, 15) is 13.2 Å². The molecule has 1 aliphatic heterocycles. The summed E-state index contributed by atoms with van der Waals surface area (Å²) in [6.45, 7) is 3.84. The third kappa shape index (κ3) is 4.73. The summed E-state index contributed by atoms with van der Waals surface area (Å²) < 4.78 is 28.1. The van der Waals surface area contributed by atoms with E-state index in [1.807, 2.05) is 6.92 Å². The third-order valence-corrected chi connectivity index (χ3v) is 8.30. The van der Waals surface area contributed by atoms with Crippen molar-refractivity contribution in [2.75, 3.05) is 43.2 Å². The van der Waals surface area contributed by atoms with Crippen molar-refractivity contribution in [2.45, 2.75) is 48.7 Å². The van der Waals surface area contributed by atoms with Gasteiger partial charge in [0.15, 0.2) is 5.16 Å². The van der Waals surface area contributed by atoms with Crippen LogP contribution in [-0.2, 0) is 14.8 Å². The van der Waals surface area contributed by atoms with E-state index < -0.39 is 10.0 Å². The zero-order chi connectivity index (χ0) is 22.2. The van der Waals surface area contributed by atoms with E-state index in [2.05, 4.69) is 25.0 Å². The molecule has 1 saturated carbocycles. The molecule has 0 spiro atoms. The number of hydrogen-bond donors (Lipinski definition) is 1. The van der Waals surface area contributed by atoms with Crippen LogP contribution in [0.1, 0.15) is 37.3 Å². The summed E-state index contributed by atoms with van der Waals surface area (Å²) in [4.78, 5) is 15.1. The van der Waals surface area contributed by atoms with Crippen LogP contribution in [0.3, 0.4) is 0 Å². The summed E-state index contributed by atoms with van der Waals surface area (Å²) in [5.41, 5.74) is 1.29. The van der Waals surface area contributed by atoms with Gasteiger partial charge in [0.05, 0.1) is 10.6 Å². The van der Waals surface area contributed by atoms with E-state index in [1.165, 1.54) is 44.8 Å². The van der Waals surface area contributed by atoms with E-state index in [-0.39, 0.29) is 16.6 Å². The van der Waals surface area contributed by atoms with E-state index in [0.29, 0.717) is 11.7 Å². The van der Waals surface area contributed by atoms with Crippen LogP contribution in [0.2, 0.25) is 0 Å². The number of hydrogen-bond acceptors (Lipinski definition) is 7. The molecule has 1 N–H and O–H groups in total. The van der Waals surface area contributed by atoms with Crippen molar-refractivity contribution >= 4 is 39.3 Å². The molecule has 0 atom stereocenters. The SMILES string of the molecule is Cc1ccc(S(=O)(=O)N(C)C)cc1NC(=O)CSc1nnc(N2CCCC2)n1C1CC1. The molecule has 1 aliphatic carbocycles. The smallest absolute Gasteiger partial charge is 0.242 e. The molecule has 1 aromatic heterocycles. The molecule has 2 aliphatic rings. The molecule has 9 nitrogen and oxygen atoms in total. The van der Waals surface area contributed by atoms with Gasteiger partial charge in [0.25, 0.3) is 0 Å². The maximum atomic E-state index is 12.6. The Bertz CT molecular complexity index is 1070. The van der Waals surface area contributed by atoms with Gasteiger partial charge in [-0.15, -0.1) is 10.2 Å². The molecule has 0 bridgehead atoms. The molecule has 31 heavy (non-hydrogen) atoms. The van der Waals surface area contributed by atoms with E-state index >= 15 is 0 Å². The summed E-state index contributed by atoms with van der Waals surface area (Å²) in [5.74, 6) is 0.885. The maximum Gasteiger partial charge on any atom is 0.242 e. The number of anilines is 2. The molecule has 0 radical (unpaired) electrons. The fraction of sp³-hybridized carbons (Fsp3) is 0.550. The van der Waals surface area contributed by atoms with Crippen LogP contribution < -0.4 is 10.2 Å². The number of amides is 1. The molecule has 2 fully saturated rings. The summed E-state index contributed by atoms with van der Waals surface area (Å²) in [6.07, 6.45) is 4.57. The van der Waals surface area contributed by atoms with Crippen LogP contribution in [0, 0.1) is 6.92 Å². The van der Waals surface area contributed by atoms with Crippen molar-refractivity contribution in [3.05, 3.63) is 23.8 Å². The Morgan fingerprint density at radius 1 is 1.23 bits per heavy atom. The number of nitrogens with one attached hydrogen (secondary N) is 1. The summed E-state index contributed by atoms with van der Waals surface area (Å²) in [6, 6.07) is 5.18. The molecule has 0 unspecified atom stereocenters. The van der Waals surface area contributed by atoms with Crippen LogP contribution in [0.4, 0.5) is 11.6 Å². The molecule has 11 heteroatoms. The number of thioether (sulfide) groups is 1. The van der Waals surface area contributed by atoms with Crippen LogP contribution >= 0.6 is 11.8 Å². The van der Waals surface area contributed by atoms with Gasteiger partial charge in [-0.2, -0.15) is 0 Å². The van der Waals surface area contributed by atoms with Crippen molar-refractivity contribution in [1.29, 1.82) is 0 Å². The quantitative estimate of drug-likeness (QED) is 0.599. The van der Waals surface area contributed by atoms with Gasteiger partial charge in [0.2, 0.25) is 21.9 Å². The van der Waals surface area contributed by atoms with E-state index in [1.54, 1.807) is 12.1 Å². The minimum Gasteiger partial charge on any atom is -0.341 e. The minimum absolute atomic E-state index is 0.148. The first-order valence-corrected chi connectivity index (χ1v) is 12.9. The highest BCUT2D eigenvalue weighted by molar-refractivity contribution is 7.99. The molecule has 4 rings (SSSR count). The van der Waals surface area contributed by atoms with Crippen LogP contribution in [0.15, 0.2) is 28.3 Å². The van der Waals surface area contributed by atoms with Gasteiger partial charge in [-0.25, -0.2) is 12.7 Å². The average Bonchev–Trinajstić information content (AvgIpc) is 3.24. The standard InChI is InChI=1S/C20H28N6O3S2/c1-14-6-9-16(31(28,29)24(2)3)12-17(14)21-18(27)13-30-20-23-22-19(25-10-4-5-11-25)26(20)15-7-8-15/h6,9,12,15H,4-5,7-8,10-11,13H2,1-3H3,(H,21,27). The molecular formula is C20H28N6O3S2. The third-order valence-electron chi connectivity index (χ3n) is 5.54. The number of carbonyl (C=O) groups excluding carboxylic acids is 1. The van der Waals surface area contributed by atoms with Gasteiger partial charge < -0.3 is 10.2 Å². The number of benzene rings is 1. The highest BCUT2D eigenvalue weighted by Crippen LogP contribution is 2.41. The summed E-state index contributed by atoms with van der Waals surface area (Å²) in [7, 11) is -0.605. The Morgan fingerprint density at radius 3 is 2.58 bits per heavy atom. The largest absolute Gasteiger partial charge is 0.341 e.